The summed E-state index contributed by atoms with van der Waals surface area (Å²) in [6, 6.07) is 32.4. The molecule has 0 aliphatic rings. The summed E-state index contributed by atoms with van der Waals surface area (Å²) in [6.45, 7) is 15.5. The summed E-state index contributed by atoms with van der Waals surface area (Å²) < 4.78 is 100. The molecular formula is C56H64N8O12PtS4. The fourth-order valence-electron chi connectivity index (χ4n) is 6.65. The molecule has 0 fully saturated rings. The van der Waals surface area contributed by atoms with E-state index in [1.165, 1.54) is 12.1 Å². The summed E-state index contributed by atoms with van der Waals surface area (Å²) in [6.07, 6.45) is 10.5. The number of fused-ring (bicyclic) bond motifs is 2. The van der Waals surface area contributed by atoms with Gasteiger partial charge in [0.1, 0.15) is 54.9 Å². The number of hydrogen-bond acceptors (Lipinski definition) is 20. The van der Waals surface area contributed by atoms with E-state index in [0.717, 1.165) is 48.9 Å². The topological polar surface area (TPSA) is 350 Å². The van der Waals surface area contributed by atoms with Gasteiger partial charge >= 0.3 is 33.0 Å². The Hall–Kier alpha value is -7.15. The second kappa shape index (κ2) is 35.6. The third-order valence-corrected chi connectivity index (χ3v) is 12.9. The summed E-state index contributed by atoms with van der Waals surface area (Å²) in [5.74, 6) is -0.435. The van der Waals surface area contributed by atoms with Crippen LogP contribution in [0.5, 0.6) is 0 Å². The molecule has 6 aromatic carbocycles. The van der Waals surface area contributed by atoms with Gasteiger partial charge in [-0.1, -0.05) is 139 Å². The molecule has 0 aliphatic heterocycles. The van der Waals surface area contributed by atoms with E-state index in [4.69, 9.17) is 31.5 Å². The zero-order valence-corrected chi connectivity index (χ0v) is 51.4. The van der Waals surface area contributed by atoms with Crippen LogP contribution in [-0.4, -0.2) is 84.5 Å². The number of nitrogens with zero attached hydrogens (tertiary/aromatic N) is 6. The van der Waals surface area contributed by atoms with Gasteiger partial charge in [-0.2, -0.15) is 20.8 Å². The number of nitrogen functional groups attached to an aromatic ring is 2. The van der Waals surface area contributed by atoms with Crippen molar-refractivity contribution in [2.45, 2.75) is 63.2 Å². The first-order chi connectivity index (χ1) is 37.7. The van der Waals surface area contributed by atoms with Crippen LogP contribution in [0.1, 0.15) is 53.4 Å². The van der Waals surface area contributed by atoms with Gasteiger partial charge < -0.3 is 30.0 Å². The smallest absolute Gasteiger partial charge is 0.744 e. The summed E-state index contributed by atoms with van der Waals surface area (Å²) in [5.41, 5.74) is 15.3. The Morgan fingerprint density at radius 1 is 0.556 bits per heavy atom. The second-order valence-corrected chi connectivity index (χ2v) is 23.0. The molecule has 20 nitrogen and oxygen atoms in total. The summed E-state index contributed by atoms with van der Waals surface area (Å²) in [4.78, 5) is 21.1. The molecular weight excluding hydrogens is 1300 g/mol. The number of carbonyl (C=O) groups is 2. The van der Waals surface area contributed by atoms with Gasteiger partial charge in [0.2, 0.25) is 0 Å². The number of nitriles is 2. The van der Waals surface area contributed by atoms with Gasteiger partial charge in [0.05, 0.1) is 45.8 Å². The number of azo groups is 2. The van der Waals surface area contributed by atoms with Crippen molar-refractivity contribution >= 4 is 109 Å². The molecule has 434 valence electrons. The molecule has 25 heteroatoms. The first-order valence-electron chi connectivity index (χ1n) is 24.3. The van der Waals surface area contributed by atoms with Gasteiger partial charge in [0.25, 0.3) is 0 Å². The molecule has 0 aromatic heterocycles. The minimum absolute atomic E-state index is 0. The maximum atomic E-state index is 11.9. The minimum atomic E-state index is -4.78. The Morgan fingerprint density at radius 3 is 1.07 bits per heavy atom. The largest absolute Gasteiger partial charge is 2.00 e. The Kier molecular flexibility index (Phi) is 31.5. The Balaban J connectivity index is 0.000000765. The summed E-state index contributed by atoms with van der Waals surface area (Å²) in [5, 5.41) is 34.4. The van der Waals surface area contributed by atoms with Crippen molar-refractivity contribution in [3.05, 3.63) is 133 Å². The van der Waals surface area contributed by atoms with Crippen LogP contribution >= 0.6 is 0 Å². The molecule has 0 amide bonds. The number of hydrogen-bond donors (Lipinski definition) is 2. The average Bonchev–Trinajstić information content (AvgIpc) is 3.46. The van der Waals surface area contributed by atoms with E-state index in [9.17, 15) is 43.9 Å². The van der Waals surface area contributed by atoms with Crippen molar-refractivity contribution in [2.24, 2.45) is 32.3 Å². The van der Waals surface area contributed by atoms with Crippen molar-refractivity contribution in [1.29, 1.82) is 10.5 Å². The molecule has 0 heterocycles. The van der Waals surface area contributed by atoms with Crippen LogP contribution in [0.4, 0.5) is 34.1 Å². The monoisotopic (exact) mass is 1360 g/mol. The number of anilines is 2. The van der Waals surface area contributed by atoms with Crippen LogP contribution in [0.2, 0.25) is 0 Å². The molecule has 6 aromatic rings. The van der Waals surface area contributed by atoms with E-state index in [0.29, 0.717) is 47.2 Å². The van der Waals surface area contributed by atoms with E-state index in [1.54, 1.807) is 97.8 Å². The van der Waals surface area contributed by atoms with Gasteiger partial charge in [-0.05, 0) is 59.4 Å². The maximum absolute atomic E-state index is 11.9. The van der Waals surface area contributed by atoms with Crippen LogP contribution in [0.15, 0.2) is 164 Å². The molecule has 0 saturated carbocycles. The van der Waals surface area contributed by atoms with Crippen LogP contribution in [0.25, 0.3) is 32.7 Å². The first-order valence-corrected chi connectivity index (χ1v) is 31.0. The first kappa shape index (κ1) is 71.9. The van der Waals surface area contributed by atoms with Gasteiger partial charge in [-0.3, -0.25) is 8.42 Å². The number of benzene rings is 6. The van der Waals surface area contributed by atoms with Crippen molar-refractivity contribution < 1.29 is 74.5 Å². The van der Waals surface area contributed by atoms with Gasteiger partial charge in [0, 0.05) is 68.2 Å². The average molecular weight is 1360 g/mol. The zero-order chi connectivity index (χ0) is 60.3. The normalized spacial score (nSPS) is 11.0. The molecule has 81 heavy (non-hydrogen) atoms. The van der Waals surface area contributed by atoms with E-state index in [1.807, 2.05) is 52.0 Å². The number of rotatable bonds is 17. The number of nitrogens with two attached hydrogens (primary N) is 2. The van der Waals surface area contributed by atoms with Crippen LogP contribution in [0, 0.1) is 34.5 Å². The molecule has 0 spiro atoms. The summed E-state index contributed by atoms with van der Waals surface area (Å²) in [7, 11) is -10.8. The van der Waals surface area contributed by atoms with Crippen LogP contribution in [-0.2, 0) is 82.0 Å². The van der Waals surface area contributed by atoms with E-state index < -0.39 is 63.6 Å². The van der Waals surface area contributed by atoms with Crippen molar-refractivity contribution in [3.8, 4) is 23.3 Å². The fraction of sp³-hybridized carbons (Fsp3) is 0.286. The predicted octanol–water partition coefficient (Wildman–Crippen LogP) is 11.5. The fourth-order valence-corrected chi connectivity index (χ4v) is 8.05. The Bertz CT molecular complexity index is 3320. The van der Waals surface area contributed by atoms with E-state index in [2.05, 4.69) is 33.6 Å². The molecule has 0 unspecified atom stereocenters. The number of esters is 2. The third-order valence-electron chi connectivity index (χ3n) is 11.2. The molecule has 0 atom stereocenters. The Labute approximate surface area is 493 Å². The molecule has 6 rings (SSSR count). The molecule has 0 bridgehead atoms. The Morgan fingerprint density at radius 2 is 0.827 bits per heavy atom. The maximum Gasteiger partial charge on any atom is 2.00 e. The van der Waals surface area contributed by atoms with Gasteiger partial charge in [-0.15, -0.1) is 10.2 Å². The van der Waals surface area contributed by atoms with Crippen molar-refractivity contribution in [2.75, 3.05) is 49.7 Å². The van der Waals surface area contributed by atoms with Gasteiger partial charge in [-0.25, -0.2) is 26.4 Å². The second-order valence-electron chi connectivity index (χ2n) is 17.3. The molecule has 0 aliphatic carbocycles. The molecule has 4 N–H and O–H groups in total. The third kappa shape index (κ3) is 24.2. The van der Waals surface area contributed by atoms with Crippen LogP contribution in [0.3, 0.4) is 0 Å². The SMILES string of the molecule is C=C(C#N)C(=O)OCC(CC)CC.C=C(C#N)C(=O)OCC(CC)CC.CS(C)=O.CS(C)=O.Nc1c(N=Nc2ccc(-c3ccc(N=Nc4cc(S(=O)(=O)[O-])c5ccccc5c4N)cc3)cc2)cc(S(=O)(=O)[O-])c2ccccc12.[Pt+2]. The van der Waals surface area contributed by atoms with Crippen LogP contribution < -0.4 is 11.5 Å². The zero-order valence-electron chi connectivity index (χ0n) is 45.9. The number of carbonyl (C=O) groups excluding carboxylic acids is 2. The van der Waals surface area contributed by atoms with Crippen molar-refractivity contribution in [3.63, 3.8) is 0 Å². The molecule has 0 radical (unpaired) electrons. The predicted molar refractivity (Wildman–Crippen MR) is 312 cm³/mol. The molecule has 0 saturated heterocycles. The number of ether oxygens (including phenoxy) is 2. The minimum Gasteiger partial charge on any atom is -0.744 e. The van der Waals surface area contributed by atoms with E-state index >= 15 is 0 Å². The standard InChI is InChI=1S/C32H24N6O6S2.2C10H15NO2.2C2H6OS.Pt/c33-31-25-7-3-1-5-23(25)29(45(39,40)41)17-27(31)37-35-21-13-9-19(10-14-21)20-11-15-22(16-12-20)36-38-28-18-30(46(42,43)44)24-6-2-4-8-26(24)32(28)34;2*1-4-9(5-2)7-13-10(12)8(3)6-11;2*1-4(2)3;/h1-18H,33-34H2,(H,39,40,41)(H,42,43,44);2*9H,3-5,7H2,1-2H3;2*1-2H3;/q;;;;;+2/p-2. The van der Waals surface area contributed by atoms with Gasteiger partial charge in [0.15, 0.2) is 0 Å². The summed E-state index contributed by atoms with van der Waals surface area (Å²) >= 11 is 0. The van der Waals surface area contributed by atoms with Crippen molar-refractivity contribution in [1.82, 2.24) is 0 Å². The van der Waals surface area contributed by atoms with E-state index in [-0.39, 0.29) is 65.7 Å². The quantitative estimate of drug-likeness (QED) is 0.0214.